The van der Waals surface area contributed by atoms with Crippen molar-refractivity contribution in [3.63, 3.8) is 0 Å². The van der Waals surface area contributed by atoms with Crippen LogP contribution in [-0.2, 0) is 4.79 Å². The highest BCUT2D eigenvalue weighted by Gasteiger charge is 2.35. The van der Waals surface area contributed by atoms with Crippen LogP contribution in [0.25, 0.3) is 0 Å². The van der Waals surface area contributed by atoms with E-state index in [1.807, 2.05) is 19.9 Å². The van der Waals surface area contributed by atoms with Crippen LogP contribution in [-0.4, -0.2) is 37.7 Å². The Morgan fingerprint density at radius 1 is 1.33 bits per heavy atom. The Morgan fingerprint density at radius 2 is 2.07 bits per heavy atom. The summed E-state index contributed by atoms with van der Waals surface area (Å²) in [6.45, 7) is 8.37. The summed E-state index contributed by atoms with van der Waals surface area (Å²) in [5.74, 6) is 1.59. The Hall–Kier alpha value is -2.26. The zero-order valence-corrected chi connectivity index (χ0v) is 16.5. The van der Waals surface area contributed by atoms with Gasteiger partial charge in [-0.25, -0.2) is 0 Å². The van der Waals surface area contributed by atoms with Gasteiger partial charge in [-0.1, -0.05) is 13.8 Å². The van der Waals surface area contributed by atoms with Crippen molar-refractivity contribution >= 4 is 5.91 Å². The van der Waals surface area contributed by atoms with E-state index in [4.69, 9.17) is 9.47 Å². The summed E-state index contributed by atoms with van der Waals surface area (Å²) in [4.78, 5) is 13.8. The first-order valence-electron chi connectivity index (χ1n) is 9.89. The summed E-state index contributed by atoms with van der Waals surface area (Å²) in [6.07, 6.45) is 3.02. The predicted octanol–water partition coefficient (Wildman–Crippen LogP) is 1.62. The van der Waals surface area contributed by atoms with Crippen molar-refractivity contribution in [3.05, 3.63) is 23.8 Å². The lowest BCUT2D eigenvalue weighted by Gasteiger charge is -2.29. The molecule has 0 aromatic heterocycles. The lowest BCUT2D eigenvalue weighted by Crippen LogP contribution is -3.11. The number of nitriles is 1. The average Bonchev–Trinajstić information content (AvgIpc) is 2.96. The Morgan fingerprint density at radius 3 is 2.78 bits per heavy atom. The van der Waals surface area contributed by atoms with Gasteiger partial charge < -0.3 is 19.7 Å². The molecule has 0 aliphatic carbocycles. The highest BCUT2D eigenvalue weighted by molar-refractivity contribution is 5.78. The molecule has 0 bridgehead atoms. The van der Waals surface area contributed by atoms with E-state index in [1.54, 1.807) is 6.92 Å². The van der Waals surface area contributed by atoms with Crippen LogP contribution in [0.15, 0.2) is 18.2 Å². The molecule has 146 valence electrons. The summed E-state index contributed by atoms with van der Waals surface area (Å²) in [5, 5.41) is 12.4. The number of nitrogens with one attached hydrogen (secondary N) is 2. The number of nitrogens with zero attached hydrogens (tertiary/aromatic N) is 1. The quantitative estimate of drug-likeness (QED) is 0.824. The van der Waals surface area contributed by atoms with Gasteiger partial charge in [0.15, 0.2) is 18.0 Å². The van der Waals surface area contributed by atoms with Gasteiger partial charge in [-0.15, -0.1) is 0 Å². The Kier molecular flexibility index (Phi) is 5.91. The van der Waals surface area contributed by atoms with Crippen LogP contribution >= 0.6 is 0 Å². The van der Waals surface area contributed by atoms with E-state index in [9.17, 15) is 10.1 Å². The monoisotopic (exact) mass is 372 g/mol. The molecule has 1 fully saturated rings. The van der Waals surface area contributed by atoms with Crippen LogP contribution in [0.4, 0.5) is 0 Å². The number of carbonyl (C=O) groups is 1. The predicted molar refractivity (Wildman–Crippen MR) is 102 cm³/mol. The number of hydrogen-bond donors (Lipinski definition) is 2. The Labute approximate surface area is 161 Å². The largest absolute Gasteiger partial charge is 0.490 e. The van der Waals surface area contributed by atoms with E-state index >= 15 is 0 Å². The third kappa shape index (κ3) is 4.36. The zero-order chi connectivity index (χ0) is 19.4. The van der Waals surface area contributed by atoms with E-state index in [-0.39, 0.29) is 17.9 Å². The summed E-state index contributed by atoms with van der Waals surface area (Å²) >= 11 is 0. The van der Waals surface area contributed by atoms with Gasteiger partial charge in [-0.2, -0.15) is 5.26 Å². The van der Waals surface area contributed by atoms with Crippen LogP contribution in [0.1, 0.15) is 51.6 Å². The van der Waals surface area contributed by atoms with E-state index in [2.05, 4.69) is 23.5 Å². The highest BCUT2D eigenvalue weighted by Crippen LogP contribution is 2.33. The van der Waals surface area contributed by atoms with Crippen molar-refractivity contribution in [3.8, 4) is 17.6 Å². The van der Waals surface area contributed by atoms with E-state index < -0.39 is 5.54 Å². The minimum atomic E-state index is -0.832. The molecule has 1 aromatic rings. The lowest BCUT2D eigenvalue weighted by atomic mass is 9.90. The Balaban J connectivity index is 1.70. The fraction of sp³-hybridized carbons (Fsp3) is 0.619. The fourth-order valence-electron chi connectivity index (χ4n) is 3.76. The molecule has 1 amide bonds. The maximum Gasteiger partial charge on any atom is 0.276 e. The Bertz CT molecular complexity index is 728. The van der Waals surface area contributed by atoms with Crippen molar-refractivity contribution in [2.45, 2.75) is 51.6 Å². The number of rotatable bonds is 5. The van der Waals surface area contributed by atoms with Gasteiger partial charge in [-0.3, -0.25) is 4.79 Å². The molecule has 2 heterocycles. The van der Waals surface area contributed by atoms with Crippen molar-refractivity contribution in [2.75, 3.05) is 26.3 Å². The number of quaternary nitrogens is 1. The molecule has 0 radical (unpaired) electrons. The molecule has 0 spiro atoms. The highest BCUT2D eigenvalue weighted by atomic mass is 16.5. The van der Waals surface area contributed by atoms with Crippen LogP contribution in [0.5, 0.6) is 11.5 Å². The first-order valence-corrected chi connectivity index (χ1v) is 9.89. The molecular formula is C21H30N3O3+. The summed E-state index contributed by atoms with van der Waals surface area (Å²) in [5.41, 5.74) is 0.354. The van der Waals surface area contributed by atoms with Gasteiger partial charge in [0.05, 0.1) is 25.8 Å². The third-order valence-electron chi connectivity index (χ3n) is 5.83. The number of likely N-dealkylation sites (tertiary alicyclic amines) is 1. The van der Waals surface area contributed by atoms with Gasteiger partial charge in [0.2, 0.25) is 0 Å². The van der Waals surface area contributed by atoms with Gasteiger partial charge in [-0.05, 0) is 31.0 Å². The molecule has 27 heavy (non-hydrogen) atoms. The summed E-state index contributed by atoms with van der Waals surface area (Å²) in [6, 6.07) is 8.66. The number of amides is 1. The van der Waals surface area contributed by atoms with Gasteiger partial charge in [0, 0.05) is 24.8 Å². The minimum Gasteiger partial charge on any atom is -0.490 e. The maximum absolute atomic E-state index is 12.6. The molecule has 6 nitrogen and oxygen atoms in total. The number of ether oxygens (including phenoxy) is 2. The van der Waals surface area contributed by atoms with Crippen LogP contribution < -0.4 is 19.7 Å². The van der Waals surface area contributed by atoms with Gasteiger partial charge in [0.1, 0.15) is 11.6 Å². The SMILES string of the molecule is CC(C)[C@](C)(C#N)NC(=O)C[NH+]1CCC[C@@H]1c1ccc2c(c1)OCCCO2. The number of carbonyl (C=O) groups excluding carboxylic acids is 1. The van der Waals surface area contributed by atoms with Gasteiger partial charge >= 0.3 is 0 Å². The topological polar surface area (TPSA) is 75.8 Å². The molecule has 1 unspecified atom stereocenters. The normalized spacial score (nSPS) is 24.0. The summed E-state index contributed by atoms with van der Waals surface area (Å²) < 4.78 is 11.5. The fourth-order valence-corrected chi connectivity index (χ4v) is 3.76. The second-order valence-electron chi connectivity index (χ2n) is 8.05. The van der Waals surface area contributed by atoms with Crippen molar-refractivity contribution in [2.24, 2.45) is 5.92 Å². The molecule has 6 heteroatoms. The van der Waals surface area contributed by atoms with Crippen molar-refractivity contribution in [1.82, 2.24) is 5.32 Å². The minimum absolute atomic E-state index is 0.0533. The summed E-state index contributed by atoms with van der Waals surface area (Å²) in [7, 11) is 0. The third-order valence-corrected chi connectivity index (χ3v) is 5.83. The zero-order valence-electron chi connectivity index (χ0n) is 16.5. The first kappa shape index (κ1) is 19.5. The second-order valence-corrected chi connectivity index (χ2v) is 8.05. The van der Waals surface area contributed by atoms with E-state index in [0.717, 1.165) is 37.3 Å². The molecule has 1 saturated heterocycles. The van der Waals surface area contributed by atoms with E-state index in [1.165, 1.54) is 10.5 Å². The van der Waals surface area contributed by atoms with Crippen LogP contribution in [0.3, 0.4) is 0 Å². The van der Waals surface area contributed by atoms with E-state index in [0.29, 0.717) is 19.8 Å². The molecule has 1 aromatic carbocycles. The second kappa shape index (κ2) is 8.18. The van der Waals surface area contributed by atoms with Crippen molar-refractivity contribution < 1.29 is 19.2 Å². The molecule has 0 saturated carbocycles. The maximum atomic E-state index is 12.6. The molecule has 2 aliphatic rings. The smallest absolute Gasteiger partial charge is 0.276 e. The molecule has 2 N–H and O–H groups in total. The molecule has 3 rings (SSSR count). The number of hydrogen-bond acceptors (Lipinski definition) is 4. The average molecular weight is 372 g/mol. The molecule has 2 aliphatic heterocycles. The molecule has 3 atom stereocenters. The lowest BCUT2D eigenvalue weighted by molar-refractivity contribution is -0.910. The van der Waals surface area contributed by atoms with Crippen LogP contribution in [0.2, 0.25) is 0 Å². The van der Waals surface area contributed by atoms with Crippen LogP contribution in [0, 0.1) is 17.2 Å². The van der Waals surface area contributed by atoms with Gasteiger partial charge in [0.25, 0.3) is 5.91 Å². The number of fused-ring (bicyclic) bond motifs is 1. The first-order chi connectivity index (χ1) is 12.9. The molecular weight excluding hydrogens is 342 g/mol. The number of benzene rings is 1. The standard InChI is InChI=1S/C21H29N3O3/c1-15(2)21(3,14-22)23-20(25)13-24-9-4-6-17(24)16-7-8-18-19(12-16)27-11-5-10-26-18/h7-8,12,15,17H,4-6,9-11,13H2,1-3H3,(H,23,25)/p+1/t17-,21+/m1/s1. The van der Waals surface area contributed by atoms with Crippen molar-refractivity contribution in [1.29, 1.82) is 5.26 Å².